The van der Waals surface area contributed by atoms with E-state index in [9.17, 15) is 14.4 Å². The number of esters is 3. The van der Waals surface area contributed by atoms with Crippen molar-refractivity contribution in [2.45, 2.75) is 232 Å². The van der Waals surface area contributed by atoms with E-state index in [0.717, 1.165) is 135 Å². The Morgan fingerprint density at radius 2 is 0.506 bits per heavy atom. The average molecular weight is 1110 g/mol. The van der Waals surface area contributed by atoms with Crippen molar-refractivity contribution in [3.05, 3.63) is 207 Å². The molecule has 0 heterocycles. The molecule has 81 heavy (non-hydrogen) atoms. The molecule has 0 aromatic rings. The molecule has 0 amide bonds. The van der Waals surface area contributed by atoms with Gasteiger partial charge in [-0.25, -0.2) is 0 Å². The zero-order valence-corrected chi connectivity index (χ0v) is 51.2. The van der Waals surface area contributed by atoms with Gasteiger partial charge >= 0.3 is 17.9 Å². The Hall–Kier alpha value is -6.01. The number of allylic oxidation sites excluding steroid dienone is 33. The summed E-state index contributed by atoms with van der Waals surface area (Å²) in [6.45, 7) is 6.13. The predicted octanol–water partition coefficient (Wildman–Crippen LogP) is 22.0. The van der Waals surface area contributed by atoms with E-state index in [1.54, 1.807) is 6.08 Å². The maximum Gasteiger partial charge on any atom is 0.309 e. The van der Waals surface area contributed by atoms with Crippen LogP contribution < -0.4 is 0 Å². The Morgan fingerprint density at radius 1 is 0.259 bits per heavy atom. The first-order valence-electron chi connectivity index (χ1n) is 31.6. The molecule has 0 N–H and O–H groups in total. The number of rotatable bonds is 54. The average Bonchev–Trinajstić information content (AvgIpc) is 3.47. The van der Waals surface area contributed by atoms with Gasteiger partial charge in [0.15, 0.2) is 6.10 Å². The monoisotopic (exact) mass is 1110 g/mol. The lowest BCUT2D eigenvalue weighted by molar-refractivity contribution is -0.166. The van der Waals surface area contributed by atoms with Crippen LogP contribution in [-0.2, 0) is 28.6 Å². The molecule has 0 spiro atoms. The van der Waals surface area contributed by atoms with E-state index < -0.39 is 18.0 Å². The van der Waals surface area contributed by atoms with Gasteiger partial charge in [-0.2, -0.15) is 0 Å². The molecular weight excluding hydrogens is 997 g/mol. The first-order chi connectivity index (χ1) is 40.0. The molecule has 448 valence electrons. The van der Waals surface area contributed by atoms with Gasteiger partial charge in [-0.3, -0.25) is 14.4 Å². The highest BCUT2D eigenvalue weighted by atomic mass is 16.6. The van der Waals surface area contributed by atoms with E-state index >= 15 is 0 Å². The highest BCUT2D eigenvalue weighted by Gasteiger charge is 2.19. The van der Waals surface area contributed by atoms with Crippen molar-refractivity contribution in [1.29, 1.82) is 0 Å². The molecule has 1 unspecified atom stereocenters. The van der Waals surface area contributed by atoms with E-state index in [-0.39, 0.29) is 32.0 Å². The number of unbranched alkanes of at least 4 members (excludes halogenated alkanes) is 10. The fraction of sp³-hybridized carbons (Fsp3) is 0.507. The Balaban J connectivity index is 4.48. The molecule has 0 fully saturated rings. The molecule has 0 saturated heterocycles. The smallest absolute Gasteiger partial charge is 0.309 e. The number of ether oxygens (including phenoxy) is 3. The van der Waals surface area contributed by atoms with Crippen LogP contribution in [0.5, 0.6) is 0 Å². The van der Waals surface area contributed by atoms with E-state index in [1.165, 1.54) is 38.5 Å². The standard InChI is InChI=1S/C75H112O6/c1-4-7-10-13-16-19-22-25-28-30-31-32-33-34-35-36-37-38-39-40-41-42-43-45-47-50-53-56-59-62-65-68-74(77)80-71-72(70-79-73(76)67-64-61-58-55-52-49-46-27-24-21-18-15-12-9-6-3)81-75(78)69-66-63-60-57-54-51-48-44-29-26-23-20-17-14-11-8-5-2/h7-12,16-21,25-29,31-32,34-35,37-38,40-41,46,48,51-52,55,57,60-61,64,72H,4-6,13-15,22-24,30,33,36,39,42-45,47,49-50,53-54,56,58-59,62-63,65-71H2,1-3H3/b10-7-,11-8-,12-9-,19-16-,20-17-,21-18-,28-25-,29-26-,32-31-,35-34-,38-37-,41-40-,46-27-,51-48-,55-52-,60-57-,64-61-. The summed E-state index contributed by atoms with van der Waals surface area (Å²) in [7, 11) is 0. The van der Waals surface area contributed by atoms with Crippen molar-refractivity contribution >= 4 is 17.9 Å². The second-order valence-corrected chi connectivity index (χ2v) is 19.8. The molecule has 0 aliphatic heterocycles. The number of hydrogen-bond donors (Lipinski definition) is 0. The van der Waals surface area contributed by atoms with Crippen LogP contribution in [0.3, 0.4) is 0 Å². The molecule has 0 aliphatic carbocycles. The number of carbonyl (C=O) groups is 3. The van der Waals surface area contributed by atoms with Gasteiger partial charge in [-0.05, 0) is 141 Å². The summed E-state index contributed by atoms with van der Waals surface area (Å²) in [6.07, 6.45) is 103. The lowest BCUT2D eigenvalue weighted by Crippen LogP contribution is -2.30. The quantitative estimate of drug-likeness (QED) is 0.0261. The van der Waals surface area contributed by atoms with Crippen LogP contribution >= 0.6 is 0 Å². The van der Waals surface area contributed by atoms with Crippen LogP contribution in [0.2, 0.25) is 0 Å². The van der Waals surface area contributed by atoms with Crippen LogP contribution in [-0.4, -0.2) is 37.2 Å². The maximum atomic E-state index is 12.9. The Kier molecular flexibility index (Phi) is 61.6. The lowest BCUT2D eigenvalue weighted by atomic mass is 10.1. The van der Waals surface area contributed by atoms with Crippen LogP contribution in [0.25, 0.3) is 0 Å². The van der Waals surface area contributed by atoms with Crippen LogP contribution in [0.4, 0.5) is 0 Å². The summed E-state index contributed by atoms with van der Waals surface area (Å²) in [4.78, 5) is 38.2. The summed E-state index contributed by atoms with van der Waals surface area (Å²) < 4.78 is 16.7. The van der Waals surface area contributed by atoms with E-state index in [2.05, 4.69) is 215 Å². The third kappa shape index (κ3) is 64.7. The molecule has 0 aliphatic rings. The molecule has 6 heteroatoms. The van der Waals surface area contributed by atoms with Gasteiger partial charge in [0.2, 0.25) is 0 Å². The third-order valence-electron chi connectivity index (χ3n) is 12.3. The molecule has 0 saturated carbocycles. The van der Waals surface area contributed by atoms with Crippen molar-refractivity contribution in [2.75, 3.05) is 13.2 Å². The van der Waals surface area contributed by atoms with Gasteiger partial charge in [0, 0.05) is 12.8 Å². The molecule has 0 aromatic carbocycles. The molecule has 6 nitrogen and oxygen atoms in total. The minimum Gasteiger partial charge on any atom is -0.462 e. The number of carbonyl (C=O) groups excluding carboxylic acids is 3. The van der Waals surface area contributed by atoms with Crippen molar-refractivity contribution in [3.8, 4) is 0 Å². The lowest BCUT2D eigenvalue weighted by Gasteiger charge is -2.18. The zero-order valence-electron chi connectivity index (χ0n) is 51.2. The van der Waals surface area contributed by atoms with Crippen LogP contribution in [0.15, 0.2) is 207 Å². The molecule has 0 bridgehead atoms. The maximum absolute atomic E-state index is 12.9. The topological polar surface area (TPSA) is 78.9 Å². The third-order valence-corrected chi connectivity index (χ3v) is 12.3. The SMILES string of the molecule is CC/C=C\C/C=C\C/C=C\C/C=C\C/C=C\C/C=C\C/C=C\CCCCCCCCCCCC(=O)OCC(COC(=O)C/C=C\C/C=C\C/C=C\C/C=C\C/C=C\CC)OC(=O)CCC/C=C\C/C=C\C/C=C\C/C=C\C/C=C\CC. The summed E-state index contributed by atoms with van der Waals surface area (Å²) in [6, 6.07) is 0. The number of hydrogen-bond acceptors (Lipinski definition) is 6. The van der Waals surface area contributed by atoms with Gasteiger partial charge < -0.3 is 14.2 Å². The van der Waals surface area contributed by atoms with Crippen LogP contribution in [0, 0.1) is 0 Å². The minimum absolute atomic E-state index is 0.103. The largest absolute Gasteiger partial charge is 0.462 e. The highest BCUT2D eigenvalue weighted by Crippen LogP contribution is 2.13. The summed E-state index contributed by atoms with van der Waals surface area (Å²) >= 11 is 0. The molecule has 0 rings (SSSR count). The summed E-state index contributed by atoms with van der Waals surface area (Å²) in [5, 5.41) is 0. The molecular formula is C75H112O6. The van der Waals surface area contributed by atoms with Gasteiger partial charge in [0.05, 0.1) is 6.42 Å². The normalized spacial score (nSPS) is 13.6. The first-order valence-corrected chi connectivity index (χ1v) is 31.6. The Labute approximate surface area is 496 Å². The zero-order chi connectivity index (χ0) is 58.5. The van der Waals surface area contributed by atoms with Crippen molar-refractivity contribution in [1.82, 2.24) is 0 Å². The minimum atomic E-state index is -0.864. The van der Waals surface area contributed by atoms with E-state index in [4.69, 9.17) is 14.2 Å². The van der Waals surface area contributed by atoms with Gasteiger partial charge in [-0.1, -0.05) is 272 Å². The van der Waals surface area contributed by atoms with Gasteiger partial charge in [-0.15, -0.1) is 0 Å². The summed E-state index contributed by atoms with van der Waals surface area (Å²) in [5.41, 5.74) is 0. The predicted molar refractivity (Wildman–Crippen MR) is 352 cm³/mol. The fourth-order valence-corrected chi connectivity index (χ4v) is 7.71. The molecule has 1 atom stereocenters. The van der Waals surface area contributed by atoms with Crippen molar-refractivity contribution < 1.29 is 28.6 Å². The van der Waals surface area contributed by atoms with Crippen molar-refractivity contribution in [2.24, 2.45) is 0 Å². The van der Waals surface area contributed by atoms with Gasteiger partial charge in [0.25, 0.3) is 0 Å². The van der Waals surface area contributed by atoms with Gasteiger partial charge in [0.1, 0.15) is 13.2 Å². The molecule has 0 radical (unpaired) electrons. The van der Waals surface area contributed by atoms with E-state index in [0.29, 0.717) is 19.3 Å². The Bertz CT molecular complexity index is 2000. The molecule has 0 aromatic heterocycles. The van der Waals surface area contributed by atoms with E-state index in [1.807, 2.05) is 6.08 Å². The second-order valence-electron chi connectivity index (χ2n) is 19.8. The first kappa shape index (κ1) is 75.0. The van der Waals surface area contributed by atoms with Crippen LogP contribution in [0.1, 0.15) is 226 Å². The summed E-state index contributed by atoms with van der Waals surface area (Å²) in [5.74, 6) is -1.16. The fourth-order valence-electron chi connectivity index (χ4n) is 7.71. The highest BCUT2D eigenvalue weighted by molar-refractivity contribution is 5.72. The Morgan fingerprint density at radius 3 is 0.840 bits per heavy atom. The second kappa shape index (κ2) is 66.5. The van der Waals surface area contributed by atoms with Crippen molar-refractivity contribution in [3.63, 3.8) is 0 Å².